The van der Waals surface area contributed by atoms with Crippen LogP contribution in [0.25, 0.3) is 54.9 Å². The van der Waals surface area contributed by atoms with Crippen molar-refractivity contribution >= 4 is 34.1 Å². The molecule has 0 unspecified atom stereocenters. The Balaban J connectivity index is 1.81. The summed E-state index contributed by atoms with van der Waals surface area (Å²) in [6, 6.07) is 35.2. The lowest BCUT2D eigenvalue weighted by Gasteiger charge is -2.24. The molecular formula is C38H30O6. The molecule has 0 saturated carbocycles. The molecule has 0 amide bonds. The van der Waals surface area contributed by atoms with Gasteiger partial charge in [-0.15, -0.1) is 0 Å². The number of ether oxygens (including phenoxy) is 4. The summed E-state index contributed by atoms with van der Waals surface area (Å²) in [4.78, 5) is 23.5. The molecule has 0 saturated heterocycles. The Bertz CT molecular complexity index is 1850. The maximum absolute atomic E-state index is 11.8. The van der Waals surface area contributed by atoms with E-state index in [0.717, 1.165) is 67.5 Å². The van der Waals surface area contributed by atoms with Gasteiger partial charge in [0, 0.05) is 47.6 Å². The highest BCUT2D eigenvalue weighted by atomic mass is 16.7. The Kier molecular flexibility index (Phi) is 8.46. The molecule has 0 aliphatic rings. The highest BCUT2D eigenvalue weighted by molar-refractivity contribution is 6.14. The van der Waals surface area contributed by atoms with Crippen LogP contribution in [-0.2, 0) is 9.47 Å². The lowest BCUT2D eigenvalue weighted by Crippen LogP contribution is -2.06. The highest BCUT2D eigenvalue weighted by Gasteiger charge is 2.26. The molecule has 0 atom stereocenters. The molecule has 0 bridgehead atoms. The Hall–Kier alpha value is -5.30. The zero-order chi connectivity index (χ0) is 30.5. The van der Waals surface area contributed by atoms with Crippen LogP contribution in [0.15, 0.2) is 109 Å². The van der Waals surface area contributed by atoms with Crippen molar-refractivity contribution in [3.63, 3.8) is 0 Å². The fourth-order valence-corrected chi connectivity index (χ4v) is 5.68. The zero-order valence-electron chi connectivity index (χ0n) is 24.4. The molecule has 0 N–H and O–H groups in total. The molecule has 6 aromatic rings. The van der Waals surface area contributed by atoms with E-state index in [0.29, 0.717) is 22.6 Å². The normalized spacial score (nSPS) is 11.0. The third-order valence-corrected chi connectivity index (χ3v) is 7.56. The summed E-state index contributed by atoms with van der Waals surface area (Å²) in [6.45, 7) is -0.00203. The van der Waals surface area contributed by atoms with Crippen molar-refractivity contribution in [1.82, 2.24) is 0 Å². The monoisotopic (exact) mass is 582 g/mol. The van der Waals surface area contributed by atoms with Crippen LogP contribution in [0.1, 0.15) is 20.7 Å². The molecule has 6 heteroatoms. The van der Waals surface area contributed by atoms with E-state index in [9.17, 15) is 9.59 Å². The first kappa shape index (κ1) is 28.8. The van der Waals surface area contributed by atoms with Crippen molar-refractivity contribution in [2.24, 2.45) is 0 Å². The highest BCUT2D eigenvalue weighted by Crippen LogP contribution is 2.52. The molecule has 0 heterocycles. The van der Waals surface area contributed by atoms with Gasteiger partial charge in [0.1, 0.15) is 24.1 Å². The molecule has 6 rings (SSSR count). The maximum Gasteiger partial charge on any atom is 0.188 e. The summed E-state index contributed by atoms with van der Waals surface area (Å²) >= 11 is 0. The number of fused-ring (bicyclic) bond motifs is 2. The molecule has 44 heavy (non-hydrogen) atoms. The Labute approximate surface area is 255 Å². The van der Waals surface area contributed by atoms with E-state index in [1.165, 1.54) is 0 Å². The smallest absolute Gasteiger partial charge is 0.188 e. The van der Waals surface area contributed by atoms with E-state index < -0.39 is 0 Å². The number of carbonyl (C=O) groups is 2. The van der Waals surface area contributed by atoms with Gasteiger partial charge in [0.15, 0.2) is 13.6 Å². The van der Waals surface area contributed by atoms with Gasteiger partial charge in [0.2, 0.25) is 0 Å². The van der Waals surface area contributed by atoms with Crippen LogP contribution < -0.4 is 9.47 Å². The largest absolute Gasteiger partial charge is 0.466 e. The van der Waals surface area contributed by atoms with Crippen molar-refractivity contribution in [2.75, 3.05) is 27.8 Å². The lowest BCUT2D eigenvalue weighted by molar-refractivity contribution is 0.0506. The number of hydrogen-bond acceptors (Lipinski definition) is 6. The minimum Gasteiger partial charge on any atom is -0.466 e. The summed E-state index contributed by atoms with van der Waals surface area (Å²) < 4.78 is 23.8. The molecule has 6 aromatic carbocycles. The number of rotatable bonds is 11. The molecule has 0 aromatic heterocycles. The van der Waals surface area contributed by atoms with E-state index in [2.05, 4.69) is 36.4 Å². The van der Waals surface area contributed by atoms with Crippen molar-refractivity contribution in [2.45, 2.75) is 0 Å². The van der Waals surface area contributed by atoms with E-state index in [1.54, 1.807) is 26.4 Å². The molecule has 0 aliphatic heterocycles. The van der Waals surface area contributed by atoms with Crippen molar-refractivity contribution in [1.29, 1.82) is 0 Å². The van der Waals surface area contributed by atoms with Crippen LogP contribution in [0.3, 0.4) is 0 Å². The molecule has 218 valence electrons. The van der Waals surface area contributed by atoms with Crippen LogP contribution in [0.4, 0.5) is 0 Å². The quantitative estimate of drug-likeness (QED) is 0.113. The summed E-state index contributed by atoms with van der Waals surface area (Å²) in [6.07, 6.45) is 1.67. The van der Waals surface area contributed by atoms with Gasteiger partial charge in [-0.05, 0) is 56.9 Å². The van der Waals surface area contributed by atoms with Gasteiger partial charge < -0.3 is 18.9 Å². The third kappa shape index (κ3) is 5.44. The van der Waals surface area contributed by atoms with Crippen LogP contribution in [0.2, 0.25) is 0 Å². The average molecular weight is 583 g/mol. The standard InChI is InChI=1S/C38H30O6/c1-41-23-43-37-33(27-13-7-9-25(17-27)21-39)19-29-11-3-5-15-31(29)35(37)36-32-16-6-4-12-30(32)20-34(38(36)44-24-42-2)28-14-8-10-26(18-28)22-40/h3-22H,23-24H2,1-2H3. The van der Waals surface area contributed by atoms with E-state index in [4.69, 9.17) is 18.9 Å². The fourth-order valence-electron chi connectivity index (χ4n) is 5.68. The first-order chi connectivity index (χ1) is 21.7. The predicted octanol–water partition coefficient (Wildman–Crippen LogP) is 8.58. The van der Waals surface area contributed by atoms with Crippen molar-refractivity contribution in [3.8, 4) is 44.9 Å². The van der Waals surface area contributed by atoms with Crippen LogP contribution in [0, 0.1) is 0 Å². The predicted molar refractivity (Wildman–Crippen MR) is 174 cm³/mol. The number of hydrogen-bond donors (Lipinski definition) is 0. The van der Waals surface area contributed by atoms with Crippen molar-refractivity contribution < 1.29 is 28.5 Å². The molecule has 0 aliphatic carbocycles. The summed E-state index contributed by atoms with van der Waals surface area (Å²) in [5.74, 6) is 1.17. The zero-order valence-corrected chi connectivity index (χ0v) is 24.4. The van der Waals surface area contributed by atoms with Gasteiger partial charge in [-0.3, -0.25) is 9.59 Å². The minimum atomic E-state index is -0.00102. The van der Waals surface area contributed by atoms with Gasteiger partial charge in [-0.2, -0.15) is 0 Å². The van der Waals surface area contributed by atoms with Crippen LogP contribution >= 0.6 is 0 Å². The van der Waals surface area contributed by atoms with E-state index in [1.807, 2.05) is 60.7 Å². The Morgan fingerprint density at radius 2 is 0.955 bits per heavy atom. The number of carbonyl (C=O) groups excluding carboxylic acids is 2. The Morgan fingerprint density at radius 3 is 1.36 bits per heavy atom. The third-order valence-electron chi connectivity index (χ3n) is 7.56. The summed E-state index contributed by atoms with van der Waals surface area (Å²) in [7, 11) is 3.16. The molecule has 0 fully saturated rings. The molecular weight excluding hydrogens is 552 g/mol. The van der Waals surface area contributed by atoms with Crippen LogP contribution in [-0.4, -0.2) is 40.4 Å². The molecule has 0 radical (unpaired) electrons. The molecule has 6 nitrogen and oxygen atoms in total. The van der Waals surface area contributed by atoms with E-state index >= 15 is 0 Å². The number of aldehydes is 2. The SMILES string of the molecule is COCOc1c(-c2cccc(C=O)c2)cc2ccccc2c1-c1c(OCOC)c(-c2cccc(C=O)c2)cc2ccccc12. The average Bonchev–Trinajstić information content (AvgIpc) is 3.08. The second-order valence-electron chi connectivity index (χ2n) is 10.3. The summed E-state index contributed by atoms with van der Waals surface area (Å²) in [5.41, 5.74) is 5.98. The first-order valence-electron chi connectivity index (χ1n) is 14.1. The topological polar surface area (TPSA) is 71.1 Å². The van der Waals surface area contributed by atoms with Gasteiger partial charge in [-0.25, -0.2) is 0 Å². The second-order valence-corrected chi connectivity index (χ2v) is 10.3. The lowest BCUT2D eigenvalue weighted by atomic mass is 9.86. The van der Waals surface area contributed by atoms with Crippen LogP contribution in [0.5, 0.6) is 11.5 Å². The summed E-state index contributed by atoms with van der Waals surface area (Å²) in [5, 5.41) is 3.85. The number of benzene rings is 6. The fraction of sp³-hybridized carbons (Fsp3) is 0.105. The first-order valence-corrected chi connectivity index (χ1v) is 14.1. The van der Waals surface area contributed by atoms with E-state index in [-0.39, 0.29) is 13.6 Å². The molecule has 0 spiro atoms. The number of methoxy groups -OCH3 is 2. The second kappa shape index (κ2) is 12.9. The van der Waals surface area contributed by atoms with Gasteiger partial charge in [0.05, 0.1) is 0 Å². The maximum atomic E-state index is 11.8. The van der Waals surface area contributed by atoms with Gasteiger partial charge in [0.25, 0.3) is 0 Å². The Morgan fingerprint density at radius 1 is 0.523 bits per heavy atom. The van der Waals surface area contributed by atoms with Gasteiger partial charge >= 0.3 is 0 Å². The van der Waals surface area contributed by atoms with Gasteiger partial charge in [-0.1, -0.05) is 84.9 Å². The minimum absolute atomic E-state index is 0.00102. The van der Waals surface area contributed by atoms with Crippen molar-refractivity contribution in [3.05, 3.63) is 120 Å².